The van der Waals surface area contributed by atoms with Gasteiger partial charge in [0, 0.05) is 32.6 Å². The van der Waals surface area contributed by atoms with Gasteiger partial charge in [-0.25, -0.2) is 0 Å². The standard InChI is InChI=1S/C18H27N3O4/c1-12(22)21-10-14(5-6-15(19)11-21)18(23)20-9-13-4-7-16(24-2)17(8-13)25-3/h4,7-8,14-15H,5-6,9-11,19H2,1-3H3,(H,20,23)/t14-,15+/m1/s1. The van der Waals surface area contributed by atoms with Crippen LogP contribution in [0, 0.1) is 5.92 Å². The van der Waals surface area contributed by atoms with E-state index in [-0.39, 0.29) is 23.8 Å². The molecular weight excluding hydrogens is 322 g/mol. The average molecular weight is 349 g/mol. The van der Waals surface area contributed by atoms with Crippen molar-refractivity contribution in [2.45, 2.75) is 32.4 Å². The molecule has 1 saturated heterocycles. The number of ether oxygens (including phenoxy) is 2. The Morgan fingerprint density at radius 3 is 2.56 bits per heavy atom. The van der Waals surface area contributed by atoms with Gasteiger partial charge in [0.15, 0.2) is 11.5 Å². The summed E-state index contributed by atoms with van der Waals surface area (Å²) in [4.78, 5) is 25.9. The van der Waals surface area contributed by atoms with Gasteiger partial charge in [-0.1, -0.05) is 6.07 Å². The minimum atomic E-state index is -0.238. The van der Waals surface area contributed by atoms with Gasteiger partial charge in [-0.2, -0.15) is 0 Å². The number of benzene rings is 1. The van der Waals surface area contributed by atoms with Gasteiger partial charge in [0.05, 0.1) is 20.1 Å². The van der Waals surface area contributed by atoms with Crippen molar-refractivity contribution in [3.63, 3.8) is 0 Å². The molecule has 2 amide bonds. The topological polar surface area (TPSA) is 93.9 Å². The van der Waals surface area contributed by atoms with Crippen molar-refractivity contribution in [2.75, 3.05) is 27.3 Å². The number of hydrogen-bond acceptors (Lipinski definition) is 5. The second-order valence-corrected chi connectivity index (χ2v) is 6.37. The Labute approximate surface area is 148 Å². The molecule has 0 bridgehead atoms. The highest BCUT2D eigenvalue weighted by atomic mass is 16.5. The minimum absolute atomic E-state index is 0.0463. The van der Waals surface area contributed by atoms with Crippen LogP contribution < -0.4 is 20.5 Å². The Bertz CT molecular complexity index is 620. The number of rotatable bonds is 5. The molecule has 0 spiro atoms. The monoisotopic (exact) mass is 349 g/mol. The highest BCUT2D eigenvalue weighted by Gasteiger charge is 2.28. The Morgan fingerprint density at radius 2 is 1.92 bits per heavy atom. The Morgan fingerprint density at radius 1 is 1.20 bits per heavy atom. The molecule has 1 aromatic rings. The van der Waals surface area contributed by atoms with Gasteiger partial charge < -0.3 is 25.4 Å². The first-order valence-electron chi connectivity index (χ1n) is 8.44. The van der Waals surface area contributed by atoms with Crippen LogP contribution in [-0.4, -0.2) is 50.1 Å². The number of likely N-dealkylation sites (tertiary alicyclic amines) is 1. The minimum Gasteiger partial charge on any atom is -0.493 e. The van der Waals surface area contributed by atoms with E-state index in [4.69, 9.17) is 15.2 Å². The third-order valence-corrected chi connectivity index (χ3v) is 4.51. The van der Waals surface area contributed by atoms with Crippen molar-refractivity contribution in [2.24, 2.45) is 11.7 Å². The van der Waals surface area contributed by atoms with Gasteiger partial charge >= 0.3 is 0 Å². The molecule has 1 heterocycles. The molecule has 1 aliphatic rings. The van der Waals surface area contributed by atoms with Gasteiger partial charge in [0.25, 0.3) is 0 Å². The van der Waals surface area contributed by atoms with Crippen LogP contribution in [0.4, 0.5) is 0 Å². The molecular formula is C18H27N3O4. The first-order chi connectivity index (χ1) is 11.9. The summed E-state index contributed by atoms with van der Waals surface area (Å²) in [5.74, 6) is 0.924. The van der Waals surface area contributed by atoms with E-state index < -0.39 is 0 Å². The summed E-state index contributed by atoms with van der Waals surface area (Å²) >= 11 is 0. The van der Waals surface area contributed by atoms with Gasteiger partial charge in [0.2, 0.25) is 11.8 Å². The number of nitrogens with zero attached hydrogens (tertiary/aromatic N) is 1. The van der Waals surface area contributed by atoms with Crippen LogP contribution in [-0.2, 0) is 16.1 Å². The molecule has 0 radical (unpaired) electrons. The second kappa shape index (κ2) is 8.71. The van der Waals surface area contributed by atoms with Crippen molar-refractivity contribution in [1.82, 2.24) is 10.2 Å². The summed E-state index contributed by atoms with van der Waals surface area (Å²) in [6.07, 6.45) is 1.42. The van der Waals surface area contributed by atoms with Crippen LogP contribution in [0.1, 0.15) is 25.3 Å². The van der Waals surface area contributed by atoms with E-state index in [1.165, 1.54) is 6.92 Å². The Kier molecular flexibility index (Phi) is 6.64. The van der Waals surface area contributed by atoms with Crippen LogP contribution in [0.5, 0.6) is 11.5 Å². The fourth-order valence-corrected chi connectivity index (χ4v) is 3.02. The van der Waals surface area contributed by atoms with E-state index in [0.29, 0.717) is 37.6 Å². The summed E-state index contributed by atoms with van der Waals surface area (Å²) in [5.41, 5.74) is 6.91. The lowest BCUT2D eigenvalue weighted by Gasteiger charge is -2.23. The smallest absolute Gasteiger partial charge is 0.225 e. The zero-order chi connectivity index (χ0) is 18.4. The molecule has 7 nitrogen and oxygen atoms in total. The molecule has 0 aliphatic carbocycles. The Hall–Kier alpha value is -2.28. The van der Waals surface area contributed by atoms with E-state index in [0.717, 1.165) is 12.0 Å². The summed E-state index contributed by atoms with van der Waals surface area (Å²) < 4.78 is 10.5. The van der Waals surface area contributed by atoms with Gasteiger partial charge in [-0.3, -0.25) is 9.59 Å². The molecule has 7 heteroatoms. The highest BCUT2D eigenvalue weighted by molar-refractivity contribution is 5.80. The third kappa shape index (κ3) is 5.09. The van der Waals surface area contributed by atoms with Gasteiger partial charge in [-0.15, -0.1) is 0 Å². The van der Waals surface area contributed by atoms with Gasteiger partial charge in [-0.05, 0) is 30.5 Å². The highest BCUT2D eigenvalue weighted by Crippen LogP contribution is 2.27. The molecule has 1 aliphatic heterocycles. The number of carbonyl (C=O) groups is 2. The van der Waals surface area contributed by atoms with Gasteiger partial charge in [0.1, 0.15) is 0 Å². The largest absolute Gasteiger partial charge is 0.493 e. The number of amides is 2. The molecule has 0 aromatic heterocycles. The van der Waals surface area contributed by atoms with E-state index >= 15 is 0 Å². The number of methoxy groups -OCH3 is 2. The van der Waals surface area contributed by atoms with E-state index in [2.05, 4.69) is 5.32 Å². The average Bonchev–Trinajstić information content (AvgIpc) is 2.81. The van der Waals surface area contributed by atoms with Crippen molar-refractivity contribution in [3.05, 3.63) is 23.8 Å². The Balaban J connectivity index is 1.98. The number of nitrogens with one attached hydrogen (secondary N) is 1. The maximum atomic E-state index is 12.5. The maximum absolute atomic E-state index is 12.5. The molecule has 2 atom stereocenters. The predicted molar refractivity (Wildman–Crippen MR) is 94.3 cm³/mol. The molecule has 1 fully saturated rings. The molecule has 2 rings (SSSR count). The van der Waals surface area contributed by atoms with Crippen molar-refractivity contribution in [1.29, 1.82) is 0 Å². The first-order valence-corrected chi connectivity index (χ1v) is 8.44. The zero-order valence-electron chi connectivity index (χ0n) is 15.1. The number of hydrogen-bond donors (Lipinski definition) is 2. The van der Waals surface area contributed by atoms with Crippen molar-refractivity contribution < 1.29 is 19.1 Å². The lowest BCUT2D eigenvalue weighted by Crippen LogP contribution is -2.42. The predicted octanol–water partition coefficient (Wildman–Crippen LogP) is 0.906. The second-order valence-electron chi connectivity index (χ2n) is 6.37. The summed E-state index contributed by atoms with van der Waals surface area (Å²) in [5, 5.41) is 2.95. The zero-order valence-corrected chi connectivity index (χ0v) is 15.1. The van der Waals surface area contributed by atoms with Crippen LogP contribution in [0.15, 0.2) is 18.2 Å². The van der Waals surface area contributed by atoms with Crippen molar-refractivity contribution in [3.8, 4) is 11.5 Å². The van der Waals surface area contributed by atoms with Crippen LogP contribution >= 0.6 is 0 Å². The molecule has 3 N–H and O–H groups in total. The first kappa shape index (κ1) is 19.1. The summed E-state index contributed by atoms with van der Waals surface area (Å²) in [7, 11) is 3.15. The van der Waals surface area contributed by atoms with Crippen molar-refractivity contribution >= 4 is 11.8 Å². The van der Waals surface area contributed by atoms with E-state index in [1.807, 2.05) is 18.2 Å². The summed E-state index contributed by atoms with van der Waals surface area (Å²) in [6, 6.07) is 5.45. The van der Waals surface area contributed by atoms with E-state index in [1.54, 1.807) is 19.1 Å². The molecule has 138 valence electrons. The quantitative estimate of drug-likeness (QED) is 0.824. The fourth-order valence-electron chi connectivity index (χ4n) is 3.02. The number of carbonyl (C=O) groups excluding carboxylic acids is 2. The molecule has 0 saturated carbocycles. The van der Waals surface area contributed by atoms with Crippen LogP contribution in [0.3, 0.4) is 0 Å². The maximum Gasteiger partial charge on any atom is 0.225 e. The lowest BCUT2D eigenvalue weighted by molar-refractivity contribution is -0.131. The lowest BCUT2D eigenvalue weighted by atomic mass is 10.0. The summed E-state index contributed by atoms with van der Waals surface area (Å²) in [6.45, 7) is 2.83. The molecule has 0 unspecified atom stereocenters. The van der Waals surface area contributed by atoms with Crippen LogP contribution in [0.2, 0.25) is 0 Å². The number of nitrogens with two attached hydrogens (primary N) is 1. The van der Waals surface area contributed by atoms with E-state index in [9.17, 15) is 9.59 Å². The fraction of sp³-hybridized carbons (Fsp3) is 0.556. The normalized spacial score (nSPS) is 20.6. The molecule has 1 aromatic carbocycles. The van der Waals surface area contributed by atoms with Crippen LogP contribution in [0.25, 0.3) is 0 Å². The SMILES string of the molecule is COc1ccc(CNC(=O)[C@@H]2CC[C@H](N)CN(C(C)=O)C2)cc1OC. The third-order valence-electron chi connectivity index (χ3n) is 4.51. The molecule has 25 heavy (non-hydrogen) atoms.